The summed E-state index contributed by atoms with van der Waals surface area (Å²) in [7, 11) is 0. The molecule has 0 saturated heterocycles. The van der Waals surface area contributed by atoms with Crippen LogP contribution >= 0.6 is 0 Å². The molecular weight excluding hydrogens is 232 g/mol. The molecule has 0 aliphatic heterocycles. The quantitative estimate of drug-likeness (QED) is 0.456. The van der Waals surface area contributed by atoms with Crippen LogP contribution in [0.3, 0.4) is 0 Å². The molecule has 0 amide bonds. The Labute approximate surface area is 114 Å². The average Bonchev–Trinajstić information content (AvgIpc) is 2.49. The van der Waals surface area contributed by atoms with E-state index in [1.54, 1.807) is 0 Å². The molecule has 0 spiro atoms. The van der Waals surface area contributed by atoms with Gasteiger partial charge in [-0.15, -0.1) is 6.58 Å². The minimum Gasteiger partial charge on any atom is -0.278 e. The fourth-order valence-corrected chi connectivity index (χ4v) is 1.78. The highest BCUT2D eigenvalue weighted by molar-refractivity contribution is 6.01. The van der Waals surface area contributed by atoms with E-state index in [-0.39, 0.29) is 0 Å². The summed E-state index contributed by atoms with van der Waals surface area (Å²) in [4.78, 5) is 0. The largest absolute Gasteiger partial charge is 0.278 e. The number of nitrogens with one attached hydrogen (secondary N) is 1. The average molecular weight is 250 g/mol. The molecular formula is C17H18N2. The molecule has 0 radical (unpaired) electrons. The van der Waals surface area contributed by atoms with Gasteiger partial charge in [0.05, 0.1) is 11.4 Å². The Hall–Kier alpha value is -2.35. The third-order valence-corrected chi connectivity index (χ3v) is 2.79. The van der Waals surface area contributed by atoms with E-state index in [4.69, 9.17) is 0 Å². The second-order valence-electron chi connectivity index (χ2n) is 4.23. The summed E-state index contributed by atoms with van der Waals surface area (Å²) in [5.41, 5.74) is 6.29. The van der Waals surface area contributed by atoms with Crippen LogP contribution in [0, 0.1) is 0 Å². The fourth-order valence-electron chi connectivity index (χ4n) is 1.78. The molecule has 2 nitrogen and oxygen atoms in total. The summed E-state index contributed by atoms with van der Waals surface area (Å²) in [6, 6.07) is 20.2. The van der Waals surface area contributed by atoms with Gasteiger partial charge in [0, 0.05) is 0 Å². The summed E-state index contributed by atoms with van der Waals surface area (Å²) in [5, 5.41) is 4.52. The lowest BCUT2D eigenvalue weighted by atomic mass is 10.1. The van der Waals surface area contributed by atoms with E-state index in [9.17, 15) is 0 Å². The van der Waals surface area contributed by atoms with Crippen LogP contribution < -0.4 is 5.43 Å². The minimum atomic E-state index is 0.882. The number of anilines is 1. The van der Waals surface area contributed by atoms with Crippen molar-refractivity contribution in [3.63, 3.8) is 0 Å². The van der Waals surface area contributed by atoms with Gasteiger partial charge in [0.25, 0.3) is 0 Å². The first-order valence-corrected chi connectivity index (χ1v) is 6.44. The summed E-state index contributed by atoms with van der Waals surface area (Å²) in [6.07, 6.45) is 3.72. The second kappa shape index (κ2) is 7.17. The zero-order valence-corrected chi connectivity index (χ0v) is 10.9. The van der Waals surface area contributed by atoms with Crippen molar-refractivity contribution in [2.45, 2.75) is 12.8 Å². The van der Waals surface area contributed by atoms with Gasteiger partial charge in [-0.2, -0.15) is 5.10 Å². The molecule has 0 aromatic heterocycles. The molecule has 0 aliphatic carbocycles. The van der Waals surface area contributed by atoms with E-state index >= 15 is 0 Å². The number of hydrogen-bond donors (Lipinski definition) is 1. The topological polar surface area (TPSA) is 24.4 Å². The molecule has 0 bridgehead atoms. The van der Waals surface area contributed by atoms with Crippen LogP contribution in [0.25, 0.3) is 0 Å². The van der Waals surface area contributed by atoms with Crippen LogP contribution in [-0.4, -0.2) is 5.71 Å². The lowest BCUT2D eigenvalue weighted by Gasteiger charge is -2.07. The molecule has 0 unspecified atom stereocenters. The van der Waals surface area contributed by atoms with Crippen LogP contribution in [0.4, 0.5) is 5.69 Å². The Kier molecular flexibility index (Phi) is 4.94. The van der Waals surface area contributed by atoms with Gasteiger partial charge in [0.1, 0.15) is 0 Å². The summed E-state index contributed by atoms with van der Waals surface area (Å²) in [6.45, 7) is 3.77. The van der Waals surface area contributed by atoms with E-state index in [1.807, 2.05) is 54.6 Å². The van der Waals surface area contributed by atoms with Crippen molar-refractivity contribution in [3.8, 4) is 0 Å². The van der Waals surface area contributed by atoms with Gasteiger partial charge in [-0.1, -0.05) is 54.6 Å². The molecule has 1 N–H and O–H groups in total. The van der Waals surface area contributed by atoms with Gasteiger partial charge < -0.3 is 0 Å². The van der Waals surface area contributed by atoms with Crippen LogP contribution in [0.2, 0.25) is 0 Å². The van der Waals surface area contributed by atoms with Crippen molar-refractivity contribution >= 4 is 11.4 Å². The second-order valence-corrected chi connectivity index (χ2v) is 4.23. The monoisotopic (exact) mass is 250 g/mol. The number of benzene rings is 2. The first-order valence-electron chi connectivity index (χ1n) is 6.44. The van der Waals surface area contributed by atoms with Crippen molar-refractivity contribution < 1.29 is 0 Å². The van der Waals surface area contributed by atoms with E-state index in [1.165, 1.54) is 0 Å². The van der Waals surface area contributed by atoms with Crippen molar-refractivity contribution in [1.29, 1.82) is 0 Å². The van der Waals surface area contributed by atoms with Crippen LogP contribution in [-0.2, 0) is 0 Å². The van der Waals surface area contributed by atoms with Gasteiger partial charge in [-0.25, -0.2) is 0 Å². The van der Waals surface area contributed by atoms with Gasteiger partial charge in [-0.3, -0.25) is 5.43 Å². The van der Waals surface area contributed by atoms with E-state index in [0.717, 1.165) is 29.8 Å². The molecule has 2 heteroatoms. The zero-order valence-electron chi connectivity index (χ0n) is 10.9. The fraction of sp³-hybridized carbons (Fsp3) is 0.118. The summed E-state index contributed by atoms with van der Waals surface area (Å²) in [5.74, 6) is 0. The lowest BCUT2D eigenvalue weighted by molar-refractivity contribution is 1.09. The molecule has 0 aliphatic rings. The SMILES string of the molecule is C=CCC/C(=N\Nc1ccccc1)c1ccccc1. The molecule has 0 atom stereocenters. The maximum Gasteiger partial charge on any atom is 0.0682 e. The predicted molar refractivity (Wildman–Crippen MR) is 82.5 cm³/mol. The maximum atomic E-state index is 4.52. The van der Waals surface area contributed by atoms with E-state index in [2.05, 4.69) is 29.2 Å². The molecule has 2 aromatic rings. The first-order chi connectivity index (χ1) is 9.40. The molecule has 96 valence electrons. The van der Waals surface area contributed by atoms with Crippen LogP contribution in [0.1, 0.15) is 18.4 Å². The van der Waals surface area contributed by atoms with Crippen molar-refractivity contribution in [3.05, 3.63) is 78.9 Å². The Balaban J connectivity index is 2.15. The highest BCUT2D eigenvalue weighted by Gasteiger charge is 2.02. The molecule has 2 aromatic carbocycles. The van der Waals surface area contributed by atoms with Gasteiger partial charge in [0.2, 0.25) is 0 Å². The smallest absolute Gasteiger partial charge is 0.0682 e. The van der Waals surface area contributed by atoms with E-state index < -0.39 is 0 Å². The van der Waals surface area contributed by atoms with Crippen molar-refractivity contribution in [2.24, 2.45) is 5.10 Å². The lowest BCUT2D eigenvalue weighted by Crippen LogP contribution is -2.04. The van der Waals surface area contributed by atoms with Crippen molar-refractivity contribution in [1.82, 2.24) is 0 Å². The van der Waals surface area contributed by atoms with Gasteiger partial charge in [0.15, 0.2) is 0 Å². The molecule has 0 fully saturated rings. The number of hydrazone groups is 1. The Bertz CT molecular complexity index is 530. The van der Waals surface area contributed by atoms with Crippen LogP contribution in [0.5, 0.6) is 0 Å². The standard InChI is InChI=1S/C17H18N2/c1-2-3-14-17(15-10-6-4-7-11-15)19-18-16-12-8-5-9-13-16/h2,4-13,18H,1,3,14H2/b19-17+. The van der Waals surface area contributed by atoms with Gasteiger partial charge >= 0.3 is 0 Å². The zero-order chi connectivity index (χ0) is 13.3. The Morgan fingerprint density at radius 3 is 2.26 bits per heavy atom. The summed E-state index contributed by atoms with van der Waals surface area (Å²) >= 11 is 0. The molecule has 2 rings (SSSR count). The third-order valence-electron chi connectivity index (χ3n) is 2.79. The Morgan fingerprint density at radius 2 is 1.63 bits per heavy atom. The van der Waals surface area contributed by atoms with Crippen molar-refractivity contribution in [2.75, 3.05) is 5.43 Å². The van der Waals surface area contributed by atoms with Crippen LogP contribution in [0.15, 0.2) is 78.4 Å². The highest BCUT2D eigenvalue weighted by atomic mass is 15.3. The predicted octanol–water partition coefficient (Wildman–Crippen LogP) is 4.47. The molecule has 0 saturated carbocycles. The van der Waals surface area contributed by atoms with Gasteiger partial charge in [-0.05, 0) is 30.5 Å². The molecule has 19 heavy (non-hydrogen) atoms. The number of rotatable bonds is 6. The third kappa shape index (κ3) is 4.11. The summed E-state index contributed by atoms with van der Waals surface area (Å²) < 4.78 is 0. The highest BCUT2D eigenvalue weighted by Crippen LogP contribution is 2.10. The van der Waals surface area contributed by atoms with E-state index in [0.29, 0.717) is 0 Å². The maximum absolute atomic E-state index is 4.52. The molecule has 0 heterocycles. The number of hydrogen-bond acceptors (Lipinski definition) is 2. The number of para-hydroxylation sites is 1. The Morgan fingerprint density at radius 1 is 1.00 bits per heavy atom. The normalized spacial score (nSPS) is 11.1. The number of nitrogens with zero attached hydrogens (tertiary/aromatic N) is 1. The minimum absolute atomic E-state index is 0.882. The first kappa shape index (κ1) is 13.1. The number of allylic oxidation sites excluding steroid dienone is 1.